The number of amides is 1. The molecule has 3 rings (SSSR count). The van der Waals surface area contributed by atoms with E-state index in [1.54, 1.807) is 49.7 Å². The Kier molecular flexibility index (Phi) is 5.01. The van der Waals surface area contributed by atoms with Crippen LogP contribution >= 0.6 is 0 Å². The number of aromatic nitrogens is 3. The third-order valence-electron chi connectivity index (χ3n) is 3.71. The molecule has 0 saturated carbocycles. The number of alkyl halides is 3. The topological polar surface area (TPSA) is 68.5 Å². The SMILES string of the molecule is CC(C)(C)OC(=O)NCc1cn2cccc2c(-c2ccc(C(F)(F)F)cn2)n1. The second kappa shape index (κ2) is 7.14. The fourth-order valence-corrected chi connectivity index (χ4v) is 2.55. The van der Waals surface area contributed by atoms with E-state index in [0.717, 1.165) is 12.3 Å². The maximum Gasteiger partial charge on any atom is 0.417 e. The van der Waals surface area contributed by atoms with Gasteiger partial charge in [-0.2, -0.15) is 13.2 Å². The van der Waals surface area contributed by atoms with Crippen LogP contribution in [0, 0.1) is 0 Å². The molecule has 3 heterocycles. The molecule has 0 aliphatic rings. The maximum atomic E-state index is 12.8. The Hall–Kier alpha value is -3.10. The van der Waals surface area contributed by atoms with Crippen LogP contribution in [-0.4, -0.2) is 26.1 Å². The van der Waals surface area contributed by atoms with Crippen LogP contribution < -0.4 is 5.32 Å². The number of nitrogens with one attached hydrogen (secondary N) is 1. The Bertz CT molecular complexity index is 989. The molecule has 0 aliphatic heterocycles. The second-order valence-electron chi connectivity index (χ2n) is 7.17. The summed E-state index contributed by atoms with van der Waals surface area (Å²) < 4.78 is 45.3. The zero-order chi connectivity index (χ0) is 20.5. The zero-order valence-corrected chi connectivity index (χ0v) is 15.5. The molecule has 0 spiro atoms. The van der Waals surface area contributed by atoms with E-state index in [4.69, 9.17) is 4.74 Å². The number of rotatable bonds is 3. The van der Waals surface area contributed by atoms with Crippen molar-refractivity contribution in [1.82, 2.24) is 19.7 Å². The molecule has 1 N–H and O–H groups in total. The van der Waals surface area contributed by atoms with Crippen molar-refractivity contribution < 1.29 is 22.7 Å². The minimum Gasteiger partial charge on any atom is -0.444 e. The number of hydrogen-bond acceptors (Lipinski definition) is 4. The number of hydrogen-bond donors (Lipinski definition) is 1. The van der Waals surface area contributed by atoms with Gasteiger partial charge in [-0.25, -0.2) is 9.78 Å². The molecule has 28 heavy (non-hydrogen) atoms. The highest BCUT2D eigenvalue weighted by Gasteiger charge is 2.30. The summed E-state index contributed by atoms with van der Waals surface area (Å²) in [7, 11) is 0. The van der Waals surface area contributed by atoms with Crippen LogP contribution in [0.1, 0.15) is 32.0 Å². The quantitative estimate of drug-likeness (QED) is 0.716. The van der Waals surface area contributed by atoms with E-state index in [1.165, 1.54) is 6.07 Å². The molecular weight excluding hydrogens is 373 g/mol. The molecule has 0 fully saturated rings. The first-order valence-corrected chi connectivity index (χ1v) is 8.50. The largest absolute Gasteiger partial charge is 0.444 e. The van der Waals surface area contributed by atoms with Crippen LogP contribution in [0.5, 0.6) is 0 Å². The Morgan fingerprint density at radius 1 is 1.21 bits per heavy atom. The molecule has 0 bridgehead atoms. The average Bonchev–Trinajstić information content (AvgIpc) is 3.05. The molecule has 0 atom stereocenters. The Morgan fingerprint density at radius 3 is 2.57 bits per heavy atom. The molecule has 0 saturated heterocycles. The summed E-state index contributed by atoms with van der Waals surface area (Å²) in [5.41, 5.74) is 0.458. The molecule has 148 valence electrons. The molecule has 1 amide bonds. The fourth-order valence-electron chi connectivity index (χ4n) is 2.55. The summed E-state index contributed by atoms with van der Waals surface area (Å²) in [4.78, 5) is 20.2. The van der Waals surface area contributed by atoms with Crippen LogP contribution in [0.4, 0.5) is 18.0 Å². The predicted octanol–water partition coefficient (Wildman–Crippen LogP) is 4.44. The van der Waals surface area contributed by atoms with E-state index in [1.807, 2.05) is 0 Å². The monoisotopic (exact) mass is 392 g/mol. The van der Waals surface area contributed by atoms with Crippen LogP contribution in [0.2, 0.25) is 0 Å². The Morgan fingerprint density at radius 2 is 1.96 bits per heavy atom. The van der Waals surface area contributed by atoms with Gasteiger partial charge >= 0.3 is 12.3 Å². The number of alkyl carbamates (subject to hydrolysis) is 1. The summed E-state index contributed by atoms with van der Waals surface area (Å²) in [5.74, 6) is 0. The number of ether oxygens (including phenoxy) is 1. The van der Waals surface area contributed by atoms with Crippen molar-refractivity contribution in [2.24, 2.45) is 0 Å². The third-order valence-corrected chi connectivity index (χ3v) is 3.71. The predicted molar refractivity (Wildman–Crippen MR) is 96.5 cm³/mol. The number of halogens is 3. The second-order valence-corrected chi connectivity index (χ2v) is 7.17. The maximum absolute atomic E-state index is 12.8. The fraction of sp³-hybridized carbons (Fsp3) is 0.316. The number of carbonyl (C=O) groups is 1. The van der Waals surface area contributed by atoms with Crippen LogP contribution in [0.15, 0.2) is 42.9 Å². The highest BCUT2D eigenvalue weighted by atomic mass is 19.4. The lowest BCUT2D eigenvalue weighted by Crippen LogP contribution is -2.32. The van der Waals surface area contributed by atoms with Gasteiger partial charge in [-0.05, 0) is 45.0 Å². The lowest BCUT2D eigenvalue weighted by molar-refractivity contribution is -0.137. The number of nitrogens with zero attached hydrogens (tertiary/aromatic N) is 3. The summed E-state index contributed by atoms with van der Waals surface area (Å²) >= 11 is 0. The van der Waals surface area contributed by atoms with E-state index >= 15 is 0 Å². The first-order chi connectivity index (χ1) is 13.0. The highest BCUT2D eigenvalue weighted by molar-refractivity contribution is 5.75. The summed E-state index contributed by atoms with van der Waals surface area (Å²) in [5, 5.41) is 2.61. The van der Waals surface area contributed by atoms with Gasteiger partial charge in [0.15, 0.2) is 0 Å². The van der Waals surface area contributed by atoms with E-state index in [-0.39, 0.29) is 6.54 Å². The van der Waals surface area contributed by atoms with E-state index in [9.17, 15) is 18.0 Å². The van der Waals surface area contributed by atoms with Gasteiger partial charge in [-0.15, -0.1) is 0 Å². The van der Waals surface area contributed by atoms with Crippen molar-refractivity contribution in [3.8, 4) is 11.4 Å². The minimum atomic E-state index is -4.46. The van der Waals surface area contributed by atoms with E-state index < -0.39 is 23.4 Å². The van der Waals surface area contributed by atoms with Crippen molar-refractivity contribution >= 4 is 11.6 Å². The summed E-state index contributed by atoms with van der Waals surface area (Å²) in [6, 6.07) is 5.82. The minimum absolute atomic E-state index is 0.0939. The Labute approximate surface area is 159 Å². The average molecular weight is 392 g/mol. The molecule has 6 nitrogen and oxygen atoms in total. The smallest absolute Gasteiger partial charge is 0.417 e. The zero-order valence-electron chi connectivity index (χ0n) is 15.5. The van der Waals surface area contributed by atoms with Gasteiger partial charge in [0.2, 0.25) is 0 Å². The van der Waals surface area contributed by atoms with Gasteiger partial charge in [-0.1, -0.05) is 0 Å². The van der Waals surface area contributed by atoms with Gasteiger partial charge in [0, 0.05) is 18.6 Å². The lowest BCUT2D eigenvalue weighted by Gasteiger charge is -2.19. The van der Waals surface area contributed by atoms with Crippen molar-refractivity contribution in [2.45, 2.75) is 39.1 Å². The van der Waals surface area contributed by atoms with Crippen molar-refractivity contribution in [3.63, 3.8) is 0 Å². The highest BCUT2D eigenvalue weighted by Crippen LogP contribution is 2.30. The number of carbonyl (C=O) groups excluding carboxylic acids is 1. The first-order valence-electron chi connectivity index (χ1n) is 8.50. The van der Waals surface area contributed by atoms with Crippen molar-refractivity contribution in [1.29, 1.82) is 0 Å². The van der Waals surface area contributed by atoms with Gasteiger partial charge < -0.3 is 14.5 Å². The standard InChI is InChI=1S/C19H19F3N4O2/c1-18(2,3)28-17(27)24-10-13-11-26-8-4-5-15(26)16(25-13)14-7-6-12(9-23-14)19(20,21)22/h4-9,11H,10H2,1-3H3,(H,24,27). The van der Waals surface area contributed by atoms with Crippen LogP contribution in [-0.2, 0) is 17.5 Å². The van der Waals surface area contributed by atoms with Gasteiger partial charge in [0.25, 0.3) is 0 Å². The molecule has 3 aromatic rings. The van der Waals surface area contributed by atoms with Gasteiger partial charge in [0.05, 0.1) is 29.0 Å². The molecule has 0 unspecified atom stereocenters. The molecular formula is C19H19F3N4O2. The van der Waals surface area contributed by atoms with E-state index in [0.29, 0.717) is 22.6 Å². The number of fused-ring (bicyclic) bond motifs is 1. The van der Waals surface area contributed by atoms with Crippen LogP contribution in [0.3, 0.4) is 0 Å². The normalized spacial score (nSPS) is 12.2. The summed E-state index contributed by atoms with van der Waals surface area (Å²) in [6.45, 7) is 5.36. The molecule has 3 aromatic heterocycles. The van der Waals surface area contributed by atoms with Crippen LogP contribution in [0.25, 0.3) is 16.9 Å². The van der Waals surface area contributed by atoms with Gasteiger partial charge in [0.1, 0.15) is 11.3 Å². The molecule has 0 aliphatic carbocycles. The lowest BCUT2D eigenvalue weighted by atomic mass is 10.2. The van der Waals surface area contributed by atoms with Gasteiger partial charge in [-0.3, -0.25) is 4.98 Å². The molecule has 0 radical (unpaired) electrons. The first kappa shape index (κ1) is 19.7. The van der Waals surface area contributed by atoms with Crippen molar-refractivity contribution in [2.75, 3.05) is 0 Å². The van der Waals surface area contributed by atoms with E-state index in [2.05, 4.69) is 15.3 Å². The molecule has 9 heteroatoms. The molecule has 0 aromatic carbocycles. The Balaban J connectivity index is 1.88. The third kappa shape index (κ3) is 4.59. The number of pyridine rings is 1. The van der Waals surface area contributed by atoms with Crippen molar-refractivity contribution in [3.05, 3.63) is 54.1 Å². The summed E-state index contributed by atoms with van der Waals surface area (Å²) in [6.07, 6.45) is -0.761.